The SMILES string of the molecule is Cc1ccc(N2CCN(CCCC(=S)N3CCC(Nc4ccc(S(=O)(=O)c5ccc(F)cc5)cc4)CC3)CC2)cc1. The second kappa shape index (κ2) is 13.3. The van der Waals surface area contributed by atoms with Gasteiger partial charge in [0.25, 0.3) is 0 Å². The van der Waals surface area contributed by atoms with Crippen molar-refractivity contribution in [2.75, 3.05) is 56.0 Å². The van der Waals surface area contributed by atoms with Crippen LogP contribution in [0.2, 0.25) is 0 Å². The molecule has 3 aromatic rings. The summed E-state index contributed by atoms with van der Waals surface area (Å²) in [5.74, 6) is -0.459. The molecular formula is C32H39FN4O2S2. The highest BCUT2D eigenvalue weighted by Crippen LogP contribution is 2.24. The molecule has 2 aliphatic heterocycles. The van der Waals surface area contributed by atoms with Crippen molar-refractivity contribution in [1.82, 2.24) is 9.80 Å². The standard InChI is InChI=1S/C32H39FN4O2S2/c1-25-4-10-29(11-5-25)36-23-21-35(22-24-36)18-2-3-32(40)37-19-16-28(17-20-37)34-27-8-14-31(15-9-27)41(38,39)30-12-6-26(33)7-13-30/h4-15,28,34H,2-3,16-24H2,1H3. The number of likely N-dealkylation sites (tertiary alicyclic amines) is 1. The first-order chi connectivity index (χ1) is 19.8. The zero-order valence-electron chi connectivity index (χ0n) is 23.6. The van der Waals surface area contributed by atoms with Gasteiger partial charge in [-0.05, 0) is 99.8 Å². The maximum Gasteiger partial charge on any atom is 0.206 e. The number of rotatable bonds is 9. The van der Waals surface area contributed by atoms with E-state index in [0.717, 1.165) is 94.3 Å². The Bertz CT molecular complexity index is 1400. The Hall–Kier alpha value is -3.01. The normalized spacial score (nSPS) is 17.0. The van der Waals surface area contributed by atoms with Crippen molar-refractivity contribution in [1.29, 1.82) is 0 Å². The summed E-state index contributed by atoms with van der Waals surface area (Å²) in [7, 11) is -3.67. The number of sulfone groups is 1. The third-order valence-corrected chi connectivity index (χ3v) is 10.4. The lowest BCUT2D eigenvalue weighted by molar-refractivity contribution is 0.254. The molecule has 0 atom stereocenters. The van der Waals surface area contributed by atoms with Gasteiger partial charge in [0.1, 0.15) is 5.82 Å². The molecular weight excluding hydrogens is 556 g/mol. The first-order valence-electron chi connectivity index (χ1n) is 14.5. The van der Waals surface area contributed by atoms with Crippen molar-refractivity contribution in [2.24, 2.45) is 0 Å². The predicted octanol–water partition coefficient (Wildman–Crippen LogP) is 5.77. The average Bonchev–Trinajstić information content (AvgIpc) is 2.99. The van der Waals surface area contributed by atoms with Gasteiger partial charge in [-0.15, -0.1) is 0 Å². The fourth-order valence-corrected chi connectivity index (χ4v) is 7.17. The number of halogens is 1. The summed E-state index contributed by atoms with van der Waals surface area (Å²) in [6.45, 7) is 9.41. The zero-order chi connectivity index (χ0) is 28.8. The molecule has 41 heavy (non-hydrogen) atoms. The Morgan fingerprint density at radius 2 is 1.44 bits per heavy atom. The lowest BCUT2D eigenvalue weighted by atomic mass is 10.0. The number of piperidine rings is 1. The van der Waals surface area contributed by atoms with E-state index in [9.17, 15) is 12.8 Å². The number of thiocarbonyl (C=S) groups is 1. The minimum absolute atomic E-state index is 0.0867. The number of hydrogen-bond donors (Lipinski definition) is 1. The fourth-order valence-electron chi connectivity index (χ4n) is 5.59. The van der Waals surface area contributed by atoms with Crippen molar-refractivity contribution in [3.05, 3.63) is 84.2 Å². The van der Waals surface area contributed by atoms with Gasteiger partial charge in [0, 0.05) is 56.7 Å². The van der Waals surface area contributed by atoms with Crippen LogP contribution in [0.25, 0.3) is 0 Å². The van der Waals surface area contributed by atoms with Crippen LogP contribution in [-0.2, 0) is 9.84 Å². The van der Waals surface area contributed by atoms with Gasteiger partial charge in [0.05, 0.1) is 14.8 Å². The second-order valence-corrected chi connectivity index (χ2v) is 13.5. The molecule has 2 saturated heterocycles. The van der Waals surface area contributed by atoms with Crippen LogP contribution in [0.3, 0.4) is 0 Å². The van der Waals surface area contributed by atoms with Crippen LogP contribution in [0.4, 0.5) is 15.8 Å². The first kappa shape index (κ1) is 29.5. The molecule has 0 aliphatic carbocycles. The van der Waals surface area contributed by atoms with Crippen LogP contribution in [0.1, 0.15) is 31.2 Å². The van der Waals surface area contributed by atoms with E-state index in [1.54, 1.807) is 24.3 Å². The topological polar surface area (TPSA) is 55.9 Å². The molecule has 0 amide bonds. The summed E-state index contributed by atoms with van der Waals surface area (Å²) in [5.41, 5.74) is 3.52. The van der Waals surface area contributed by atoms with Gasteiger partial charge in [-0.3, -0.25) is 4.90 Å². The Morgan fingerprint density at radius 1 is 0.854 bits per heavy atom. The van der Waals surface area contributed by atoms with E-state index >= 15 is 0 Å². The molecule has 0 saturated carbocycles. The molecule has 1 N–H and O–H groups in total. The quantitative estimate of drug-likeness (QED) is 0.249. The van der Waals surface area contributed by atoms with Crippen LogP contribution in [0, 0.1) is 12.7 Å². The van der Waals surface area contributed by atoms with Crippen LogP contribution in [-0.4, -0.2) is 75.1 Å². The number of nitrogens with zero attached hydrogens (tertiary/aromatic N) is 3. The molecule has 2 heterocycles. The highest BCUT2D eigenvalue weighted by molar-refractivity contribution is 7.91. The number of hydrogen-bond acceptors (Lipinski definition) is 6. The smallest absolute Gasteiger partial charge is 0.206 e. The van der Waals surface area contributed by atoms with E-state index in [4.69, 9.17) is 12.2 Å². The van der Waals surface area contributed by atoms with E-state index in [1.807, 2.05) is 0 Å². The largest absolute Gasteiger partial charge is 0.382 e. The van der Waals surface area contributed by atoms with Crippen LogP contribution in [0.5, 0.6) is 0 Å². The zero-order valence-corrected chi connectivity index (χ0v) is 25.3. The second-order valence-electron chi connectivity index (χ2n) is 11.0. The molecule has 0 radical (unpaired) electrons. The summed E-state index contributed by atoms with van der Waals surface area (Å²) in [6, 6.07) is 20.9. The minimum atomic E-state index is -3.67. The van der Waals surface area contributed by atoms with Gasteiger partial charge in [0.15, 0.2) is 0 Å². The van der Waals surface area contributed by atoms with Gasteiger partial charge < -0.3 is 15.1 Å². The third-order valence-electron chi connectivity index (χ3n) is 8.14. The third kappa shape index (κ3) is 7.64. The van der Waals surface area contributed by atoms with E-state index in [2.05, 4.69) is 51.2 Å². The minimum Gasteiger partial charge on any atom is -0.382 e. The lowest BCUT2D eigenvalue weighted by Crippen LogP contribution is -2.47. The molecule has 9 heteroatoms. The van der Waals surface area contributed by atoms with E-state index in [0.29, 0.717) is 6.04 Å². The van der Waals surface area contributed by atoms with Gasteiger partial charge in [-0.2, -0.15) is 0 Å². The highest BCUT2D eigenvalue weighted by Gasteiger charge is 2.22. The molecule has 5 rings (SSSR count). The van der Waals surface area contributed by atoms with E-state index < -0.39 is 15.7 Å². The fraction of sp³-hybridized carbons (Fsp3) is 0.406. The number of anilines is 2. The number of aryl methyl sites for hydroxylation is 1. The molecule has 3 aromatic carbocycles. The van der Waals surface area contributed by atoms with Crippen LogP contribution in [0.15, 0.2) is 82.6 Å². The summed E-state index contributed by atoms with van der Waals surface area (Å²) in [6.07, 6.45) is 4.01. The molecule has 218 valence electrons. The summed E-state index contributed by atoms with van der Waals surface area (Å²) < 4.78 is 38.8. The summed E-state index contributed by atoms with van der Waals surface area (Å²) in [4.78, 5) is 8.73. The van der Waals surface area contributed by atoms with Gasteiger partial charge >= 0.3 is 0 Å². The Labute approximate surface area is 249 Å². The van der Waals surface area contributed by atoms with Crippen molar-refractivity contribution in [3.8, 4) is 0 Å². The van der Waals surface area contributed by atoms with E-state index in [1.165, 1.54) is 23.4 Å². The maximum atomic E-state index is 13.2. The van der Waals surface area contributed by atoms with Crippen molar-refractivity contribution < 1.29 is 12.8 Å². The lowest BCUT2D eigenvalue weighted by Gasteiger charge is -2.37. The van der Waals surface area contributed by atoms with Gasteiger partial charge in [-0.1, -0.05) is 29.9 Å². The molecule has 6 nitrogen and oxygen atoms in total. The van der Waals surface area contributed by atoms with Crippen LogP contribution < -0.4 is 10.2 Å². The maximum absolute atomic E-state index is 13.2. The molecule has 0 aromatic heterocycles. The van der Waals surface area contributed by atoms with Crippen molar-refractivity contribution in [3.63, 3.8) is 0 Å². The summed E-state index contributed by atoms with van der Waals surface area (Å²) >= 11 is 5.80. The van der Waals surface area contributed by atoms with Crippen molar-refractivity contribution in [2.45, 2.75) is 48.4 Å². The Morgan fingerprint density at radius 3 is 2.05 bits per heavy atom. The molecule has 2 fully saturated rings. The number of benzene rings is 3. The molecule has 0 bridgehead atoms. The first-order valence-corrected chi connectivity index (χ1v) is 16.4. The van der Waals surface area contributed by atoms with Crippen molar-refractivity contribution >= 4 is 38.4 Å². The average molecular weight is 595 g/mol. The molecule has 0 spiro atoms. The Balaban J connectivity index is 1.01. The molecule has 0 unspecified atom stereocenters. The highest BCUT2D eigenvalue weighted by atomic mass is 32.2. The predicted molar refractivity (Wildman–Crippen MR) is 168 cm³/mol. The number of nitrogens with one attached hydrogen (secondary N) is 1. The number of piperazine rings is 1. The summed E-state index contributed by atoms with van der Waals surface area (Å²) in [5, 5.41) is 3.55. The Kier molecular flexibility index (Phi) is 9.57. The van der Waals surface area contributed by atoms with Crippen LogP contribution >= 0.6 is 12.2 Å². The van der Waals surface area contributed by atoms with E-state index in [-0.39, 0.29) is 9.79 Å². The van der Waals surface area contributed by atoms with Gasteiger partial charge in [0.2, 0.25) is 9.84 Å². The monoisotopic (exact) mass is 594 g/mol. The van der Waals surface area contributed by atoms with Gasteiger partial charge in [-0.25, -0.2) is 12.8 Å². The molecule has 2 aliphatic rings.